The summed E-state index contributed by atoms with van der Waals surface area (Å²) in [7, 11) is 1.60. The molecule has 0 aliphatic carbocycles. The van der Waals surface area contributed by atoms with Crippen molar-refractivity contribution in [2.75, 3.05) is 7.11 Å². The molecule has 4 heteroatoms. The van der Waals surface area contributed by atoms with Crippen LogP contribution in [0.15, 0.2) is 36.9 Å². The van der Waals surface area contributed by atoms with Crippen molar-refractivity contribution in [1.29, 1.82) is 0 Å². The number of hydrogen-bond acceptors (Lipinski definition) is 4. The van der Waals surface area contributed by atoms with Gasteiger partial charge in [-0.15, -0.1) is 6.58 Å². The molecule has 1 aliphatic rings. The second-order valence-corrected chi connectivity index (χ2v) is 5.33. The van der Waals surface area contributed by atoms with E-state index in [4.69, 9.17) is 9.47 Å². The Morgan fingerprint density at radius 2 is 2.15 bits per heavy atom. The Bertz CT molecular complexity index is 494. The van der Waals surface area contributed by atoms with Crippen LogP contribution in [-0.2, 0) is 9.53 Å². The standard InChI is InChI=1S/C16H20O4/c1-4-9-16(2)14(20-15(16)18)10-13(17)11-5-7-12(19-3)8-6-11/h4-8,13-14,17H,1,9-10H2,2-3H3/t13-,14-,16-/m0/s1. The summed E-state index contributed by atoms with van der Waals surface area (Å²) in [5.41, 5.74) is 0.226. The molecule has 1 aliphatic heterocycles. The van der Waals surface area contributed by atoms with Crippen LogP contribution < -0.4 is 4.74 Å². The summed E-state index contributed by atoms with van der Waals surface area (Å²) in [6.07, 6.45) is 1.73. The van der Waals surface area contributed by atoms with Gasteiger partial charge in [0.2, 0.25) is 0 Å². The summed E-state index contributed by atoms with van der Waals surface area (Å²) < 4.78 is 10.3. The number of esters is 1. The lowest BCUT2D eigenvalue weighted by atomic mass is 9.74. The molecule has 1 N–H and O–H groups in total. The van der Waals surface area contributed by atoms with Crippen molar-refractivity contribution >= 4 is 5.97 Å². The van der Waals surface area contributed by atoms with E-state index in [-0.39, 0.29) is 12.1 Å². The second kappa shape index (κ2) is 5.67. The normalized spacial score (nSPS) is 26.4. The van der Waals surface area contributed by atoms with Gasteiger partial charge in [0.1, 0.15) is 17.3 Å². The van der Waals surface area contributed by atoms with Gasteiger partial charge < -0.3 is 14.6 Å². The highest BCUT2D eigenvalue weighted by molar-refractivity contribution is 5.82. The maximum atomic E-state index is 11.6. The van der Waals surface area contributed by atoms with Crippen LogP contribution in [0.1, 0.15) is 31.4 Å². The van der Waals surface area contributed by atoms with Gasteiger partial charge in [-0.3, -0.25) is 4.79 Å². The average Bonchev–Trinajstić information content (AvgIpc) is 2.47. The van der Waals surface area contributed by atoms with Crippen molar-refractivity contribution in [3.63, 3.8) is 0 Å². The summed E-state index contributed by atoms with van der Waals surface area (Å²) in [6.45, 7) is 5.52. The van der Waals surface area contributed by atoms with Crippen LogP contribution in [0.3, 0.4) is 0 Å². The number of carbonyl (C=O) groups is 1. The number of aliphatic hydroxyl groups is 1. The first-order valence-corrected chi connectivity index (χ1v) is 6.65. The Kier molecular flexibility index (Phi) is 4.14. The Balaban J connectivity index is 2.02. The Hall–Kier alpha value is -1.81. The van der Waals surface area contributed by atoms with Crippen molar-refractivity contribution in [2.45, 2.75) is 32.0 Å². The minimum Gasteiger partial charge on any atom is -0.497 e. The molecular formula is C16H20O4. The fourth-order valence-corrected chi connectivity index (χ4v) is 2.46. The number of aliphatic hydroxyl groups excluding tert-OH is 1. The topological polar surface area (TPSA) is 55.8 Å². The molecule has 0 saturated carbocycles. The largest absolute Gasteiger partial charge is 0.497 e. The monoisotopic (exact) mass is 276 g/mol. The van der Waals surface area contributed by atoms with Crippen molar-refractivity contribution in [1.82, 2.24) is 0 Å². The van der Waals surface area contributed by atoms with Crippen LogP contribution >= 0.6 is 0 Å². The number of allylic oxidation sites excluding steroid dienone is 1. The number of methoxy groups -OCH3 is 1. The molecule has 1 aromatic carbocycles. The van der Waals surface area contributed by atoms with Gasteiger partial charge >= 0.3 is 5.97 Å². The van der Waals surface area contributed by atoms with Crippen LogP contribution in [0.2, 0.25) is 0 Å². The van der Waals surface area contributed by atoms with E-state index < -0.39 is 11.5 Å². The first kappa shape index (κ1) is 14.6. The van der Waals surface area contributed by atoms with Gasteiger partial charge in [0.25, 0.3) is 0 Å². The zero-order valence-electron chi connectivity index (χ0n) is 11.8. The number of ether oxygens (including phenoxy) is 2. The van der Waals surface area contributed by atoms with E-state index in [1.807, 2.05) is 19.1 Å². The quantitative estimate of drug-likeness (QED) is 0.641. The van der Waals surface area contributed by atoms with E-state index >= 15 is 0 Å². The van der Waals surface area contributed by atoms with E-state index in [0.717, 1.165) is 11.3 Å². The molecule has 0 amide bonds. The maximum absolute atomic E-state index is 11.6. The molecule has 1 fully saturated rings. The highest BCUT2D eigenvalue weighted by Crippen LogP contribution is 2.43. The molecule has 108 valence electrons. The molecule has 0 bridgehead atoms. The van der Waals surface area contributed by atoms with Crippen LogP contribution in [0, 0.1) is 5.41 Å². The molecule has 1 aromatic rings. The second-order valence-electron chi connectivity index (χ2n) is 5.33. The molecule has 2 rings (SSSR count). The van der Waals surface area contributed by atoms with E-state index in [0.29, 0.717) is 12.8 Å². The number of rotatable bonds is 6. The highest BCUT2D eigenvalue weighted by Gasteiger charge is 2.53. The van der Waals surface area contributed by atoms with E-state index in [1.165, 1.54) is 0 Å². The van der Waals surface area contributed by atoms with Crippen molar-refractivity contribution < 1.29 is 19.4 Å². The third kappa shape index (κ3) is 2.56. The molecule has 0 aromatic heterocycles. The zero-order valence-corrected chi connectivity index (χ0v) is 11.8. The predicted molar refractivity (Wildman–Crippen MR) is 75.4 cm³/mol. The van der Waals surface area contributed by atoms with Crippen molar-refractivity contribution in [3.8, 4) is 5.75 Å². The van der Waals surface area contributed by atoms with Gasteiger partial charge in [0, 0.05) is 6.42 Å². The molecule has 0 radical (unpaired) electrons. The van der Waals surface area contributed by atoms with E-state index in [2.05, 4.69) is 6.58 Å². The minimum atomic E-state index is -0.664. The van der Waals surface area contributed by atoms with Gasteiger partial charge in [0.05, 0.1) is 13.2 Å². The zero-order chi connectivity index (χ0) is 14.8. The lowest BCUT2D eigenvalue weighted by molar-refractivity contribution is -0.207. The van der Waals surface area contributed by atoms with E-state index in [9.17, 15) is 9.90 Å². The molecule has 0 spiro atoms. The van der Waals surface area contributed by atoms with Gasteiger partial charge in [-0.2, -0.15) is 0 Å². The average molecular weight is 276 g/mol. The van der Waals surface area contributed by atoms with Gasteiger partial charge in [-0.1, -0.05) is 18.2 Å². The summed E-state index contributed by atoms with van der Waals surface area (Å²) in [5.74, 6) is 0.525. The molecule has 1 heterocycles. The minimum absolute atomic E-state index is 0.218. The third-order valence-electron chi connectivity index (χ3n) is 3.93. The van der Waals surface area contributed by atoms with Crippen molar-refractivity contribution in [2.24, 2.45) is 5.41 Å². The summed E-state index contributed by atoms with van der Waals surface area (Å²) in [6, 6.07) is 7.23. The number of hydrogen-bond donors (Lipinski definition) is 1. The lowest BCUT2D eigenvalue weighted by Gasteiger charge is -2.44. The summed E-state index contributed by atoms with van der Waals surface area (Å²) in [4.78, 5) is 11.6. The van der Waals surface area contributed by atoms with Crippen molar-refractivity contribution in [3.05, 3.63) is 42.5 Å². The summed E-state index contributed by atoms with van der Waals surface area (Å²) in [5, 5.41) is 10.2. The number of carbonyl (C=O) groups excluding carboxylic acids is 1. The van der Waals surface area contributed by atoms with Gasteiger partial charge in [-0.25, -0.2) is 0 Å². The van der Waals surface area contributed by atoms with Gasteiger partial charge in [-0.05, 0) is 31.0 Å². The molecule has 4 nitrogen and oxygen atoms in total. The fraction of sp³-hybridized carbons (Fsp3) is 0.438. The van der Waals surface area contributed by atoms with Gasteiger partial charge in [0.15, 0.2) is 0 Å². The third-order valence-corrected chi connectivity index (χ3v) is 3.93. The molecule has 0 unspecified atom stereocenters. The molecule has 20 heavy (non-hydrogen) atoms. The highest BCUT2D eigenvalue weighted by atomic mass is 16.6. The van der Waals surface area contributed by atoms with Crippen LogP contribution in [0.4, 0.5) is 0 Å². The Morgan fingerprint density at radius 3 is 2.65 bits per heavy atom. The van der Waals surface area contributed by atoms with Crippen LogP contribution in [0.25, 0.3) is 0 Å². The molecular weight excluding hydrogens is 256 g/mol. The van der Waals surface area contributed by atoms with Crippen LogP contribution in [0.5, 0.6) is 5.75 Å². The van der Waals surface area contributed by atoms with E-state index in [1.54, 1.807) is 25.3 Å². The smallest absolute Gasteiger partial charge is 0.316 e. The Morgan fingerprint density at radius 1 is 1.50 bits per heavy atom. The number of cyclic esters (lactones) is 1. The SMILES string of the molecule is C=CC[C@]1(C)C(=O)O[C@H]1C[C@H](O)c1ccc(OC)cc1. The number of benzene rings is 1. The Labute approximate surface area is 119 Å². The summed E-state index contributed by atoms with van der Waals surface area (Å²) >= 11 is 0. The lowest BCUT2D eigenvalue weighted by Crippen LogP contribution is -2.54. The molecule has 1 saturated heterocycles. The first-order valence-electron chi connectivity index (χ1n) is 6.65. The predicted octanol–water partition coefficient (Wildman–Crippen LogP) is 2.63. The maximum Gasteiger partial charge on any atom is 0.316 e. The molecule has 3 atom stereocenters. The van der Waals surface area contributed by atoms with Crippen LogP contribution in [-0.4, -0.2) is 24.3 Å². The first-order chi connectivity index (χ1) is 9.51. The fourth-order valence-electron chi connectivity index (χ4n) is 2.46.